The predicted molar refractivity (Wildman–Crippen MR) is 92.9 cm³/mol. The highest BCUT2D eigenvalue weighted by Crippen LogP contribution is 2.26. The van der Waals surface area contributed by atoms with E-state index in [1.807, 2.05) is 31.2 Å². The number of ether oxygens (including phenoxy) is 1. The number of benzene rings is 2. The number of rotatable bonds is 4. The van der Waals surface area contributed by atoms with E-state index in [2.05, 4.69) is 4.74 Å². The fourth-order valence-corrected chi connectivity index (χ4v) is 2.66. The number of amides is 2. The summed E-state index contributed by atoms with van der Waals surface area (Å²) in [6.07, 6.45) is 2.82. The van der Waals surface area contributed by atoms with Crippen LogP contribution in [0.25, 0.3) is 6.08 Å². The summed E-state index contributed by atoms with van der Waals surface area (Å²) in [5, 5.41) is 0. The van der Waals surface area contributed by atoms with Crippen LogP contribution in [-0.4, -0.2) is 29.8 Å². The van der Waals surface area contributed by atoms with Crippen LogP contribution in [0.1, 0.15) is 37.4 Å². The van der Waals surface area contributed by atoms with Crippen LogP contribution in [-0.2, 0) is 16.1 Å². The maximum atomic E-state index is 12.6. The molecule has 126 valence electrons. The number of carbonyl (C=O) groups excluding carboxylic acids is 3. The summed E-state index contributed by atoms with van der Waals surface area (Å²) in [5.74, 6) is -1.11. The molecule has 0 fully saturated rings. The Bertz CT molecular complexity index is 881. The predicted octanol–water partition coefficient (Wildman–Crippen LogP) is 2.98. The lowest BCUT2D eigenvalue weighted by Crippen LogP contribution is -2.29. The van der Waals surface area contributed by atoms with Crippen LogP contribution < -0.4 is 0 Å². The summed E-state index contributed by atoms with van der Waals surface area (Å²) in [5.41, 5.74) is 3.40. The van der Waals surface area contributed by atoms with Gasteiger partial charge < -0.3 is 4.74 Å². The van der Waals surface area contributed by atoms with Crippen molar-refractivity contribution in [3.8, 4) is 0 Å². The topological polar surface area (TPSA) is 63.7 Å². The van der Waals surface area contributed by atoms with Gasteiger partial charge in [-0.2, -0.15) is 0 Å². The minimum Gasteiger partial charge on any atom is -0.466 e. The molecule has 5 nitrogen and oxygen atoms in total. The zero-order valence-electron chi connectivity index (χ0n) is 14.0. The molecule has 0 saturated heterocycles. The van der Waals surface area contributed by atoms with Crippen molar-refractivity contribution < 1.29 is 19.1 Å². The highest BCUT2D eigenvalue weighted by atomic mass is 16.5. The Balaban J connectivity index is 1.84. The van der Waals surface area contributed by atoms with E-state index in [9.17, 15) is 14.4 Å². The highest BCUT2D eigenvalue weighted by Gasteiger charge is 2.35. The van der Waals surface area contributed by atoms with E-state index < -0.39 is 5.97 Å². The molecule has 0 bridgehead atoms. The van der Waals surface area contributed by atoms with Crippen LogP contribution in [0.2, 0.25) is 0 Å². The summed E-state index contributed by atoms with van der Waals surface area (Å²) in [7, 11) is 1.29. The van der Waals surface area contributed by atoms with Gasteiger partial charge in [0.25, 0.3) is 11.8 Å². The van der Waals surface area contributed by atoms with Gasteiger partial charge in [-0.3, -0.25) is 14.5 Å². The van der Waals surface area contributed by atoms with E-state index in [0.29, 0.717) is 16.7 Å². The molecule has 0 radical (unpaired) electrons. The SMILES string of the molecule is COC(=O)/C=C/c1ccc2c(c1)C(=O)N(Cc1ccc(C)cc1)C2=O. The van der Waals surface area contributed by atoms with Crippen molar-refractivity contribution in [2.75, 3.05) is 7.11 Å². The van der Waals surface area contributed by atoms with Crippen molar-refractivity contribution in [1.82, 2.24) is 4.90 Å². The number of esters is 1. The average Bonchev–Trinajstić information content (AvgIpc) is 2.86. The molecule has 5 heteroatoms. The summed E-state index contributed by atoms with van der Waals surface area (Å²) in [6, 6.07) is 12.6. The molecule has 1 aliphatic heterocycles. The van der Waals surface area contributed by atoms with E-state index >= 15 is 0 Å². The Morgan fingerprint density at radius 1 is 1.04 bits per heavy atom. The number of methoxy groups -OCH3 is 1. The molecular weight excluding hydrogens is 318 g/mol. The molecular formula is C20H17NO4. The van der Waals surface area contributed by atoms with E-state index in [4.69, 9.17) is 0 Å². The third kappa shape index (κ3) is 3.35. The molecule has 1 aliphatic rings. The van der Waals surface area contributed by atoms with E-state index in [1.54, 1.807) is 24.3 Å². The number of carbonyl (C=O) groups is 3. The highest BCUT2D eigenvalue weighted by molar-refractivity contribution is 6.21. The second-order valence-electron chi connectivity index (χ2n) is 5.84. The Morgan fingerprint density at radius 2 is 1.72 bits per heavy atom. The number of aryl methyl sites for hydroxylation is 1. The summed E-state index contributed by atoms with van der Waals surface area (Å²) in [6.45, 7) is 2.22. The van der Waals surface area contributed by atoms with Gasteiger partial charge in [-0.15, -0.1) is 0 Å². The molecule has 0 aromatic heterocycles. The number of fused-ring (bicyclic) bond motifs is 1. The van der Waals surface area contributed by atoms with Gasteiger partial charge in [-0.25, -0.2) is 4.79 Å². The van der Waals surface area contributed by atoms with Gasteiger partial charge in [0.05, 0.1) is 24.8 Å². The largest absolute Gasteiger partial charge is 0.466 e. The quantitative estimate of drug-likeness (QED) is 0.489. The average molecular weight is 335 g/mol. The maximum Gasteiger partial charge on any atom is 0.330 e. The lowest BCUT2D eigenvalue weighted by atomic mass is 10.1. The first-order chi connectivity index (χ1) is 12.0. The minimum absolute atomic E-state index is 0.236. The Kier molecular flexibility index (Phi) is 4.48. The van der Waals surface area contributed by atoms with Crippen LogP contribution in [0, 0.1) is 6.92 Å². The van der Waals surface area contributed by atoms with E-state index in [0.717, 1.165) is 11.1 Å². The van der Waals surface area contributed by atoms with E-state index in [1.165, 1.54) is 18.1 Å². The fourth-order valence-electron chi connectivity index (χ4n) is 2.66. The van der Waals surface area contributed by atoms with Crippen molar-refractivity contribution in [1.29, 1.82) is 0 Å². The second kappa shape index (κ2) is 6.73. The zero-order chi connectivity index (χ0) is 18.0. The van der Waals surface area contributed by atoms with Crippen LogP contribution >= 0.6 is 0 Å². The number of hydrogen-bond acceptors (Lipinski definition) is 4. The molecule has 2 aromatic rings. The molecule has 0 atom stereocenters. The fraction of sp³-hybridized carbons (Fsp3) is 0.150. The molecule has 1 heterocycles. The minimum atomic E-state index is -0.483. The second-order valence-corrected chi connectivity index (χ2v) is 5.84. The Labute approximate surface area is 145 Å². The monoisotopic (exact) mass is 335 g/mol. The number of hydrogen-bond donors (Lipinski definition) is 0. The molecule has 25 heavy (non-hydrogen) atoms. The first-order valence-corrected chi connectivity index (χ1v) is 7.81. The number of imide groups is 1. The first-order valence-electron chi connectivity index (χ1n) is 7.81. The lowest BCUT2D eigenvalue weighted by molar-refractivity contribution is -0.134. The van der Waals surface area contributed by atoms with Gasteiger partial charge in [0, 0.05) is 6.08 Å². The third-order valence-electron chi connectivity index (χ3n) is 4.07. The van der Waals surface area contributed by atoms with Crippen LogP contribution in [0.4, 0.5) is 0 Å². The summed E-state index contributed by atoms with van der Waals surface area (Å²) < 4.78 is 4.54. The first kappa shape index (κ1) is 16.6. The van der Waals surface area contributed by atoms with Gasteiger partial charge in [-0.1, -0.05) is 35.9 Å². The van der Waals surface area contributed by atoms with Crippen molar-refractivity contribution in [3.63, 3.8) is 0 Å². The van der Waals surface area contributed by atoms with Crippen LogP contribution in [0.5, 0.6) is 0 Å². The zero-order valence-corrected chi connectivity index (χ0v) is 14.0. The molecule has 0 unspecified atom stereocenters. The molecule has 0 N–H and O–H groups in total. The molecule has 0 aliphatic carbocycles. The van der Waals surface area contributed by atoms with Crippen molar-refractivity contribution in [3.05, 3.63) is 76.4 Å². The molecule has 2 amide bonds. The van der Waals surface area contributed by atoms with Gasteiger partial charge in [0.15, 0.2) is 0 Å². The van der Waals surface area contributed by atoms with Crippen molar-refractivity contribution in [2.45, 2.75) is 13.5 Å². The molecule has 0 spiro atoms. The van der Waals surface area contributed by atoms with Crippen molar-refractivity contribution in [2.24, 2.45) is 0 Å². The van der Waals surface area contributed by atoms with Crippen LogP contribution in [0.3, 0.4) is 0 Å². The van der Waals surface area contributed by atoms with Gasteiger partial charge >= 0.3 is 5.97 Å². The van der Waals surface area contributed by atoms with Crippen LogP contribution in [0.15, 0.2) is 48.5 Å². The maximum absolute atomic E-state index is 12.6. The molecule has 3 rings (SSSR count). The molecule has 0 saturated carbocycles. The van der Waals surface area contributed by atoms with Gasteiger partial charge in [0.2, 0.25) is 0 Å². The Hall–Kier alpha value is -3.21. The smallest absolute Gasteiger partial charge is 0.330 e. The van der Waals surface area contributed by atoms with Gasteiger partial charge in [-0.05, 0) is 36.3 Å². The van der Waals surface area contributed by atoms with Crippen molar-refractivity contribution >= 4 is 23.9 Å². The summed E-state index contributed by atoms with van der Waals surface area (Å²) >= 11 is 0. The standard InChI is InChI=1S/C20H17NO4/c1-13-3-5-15(6-4-13)12-21-19(23)16-9-7-14(8-10-18(22)25-2)11-17(16)20(21)24/h3-11H,12H2,1-2H3/b10-8+. The summed E-state index contributed by atoms with van der Waals surface area (Å²) in [4.78, 5) is 37.5. The normalized spacial score (nSPS) is 13.4. The Morgan fingerprint density at radius 3 is 2.40 bits per heavy atom. The third-order valence-corrected chi connectivity index (χ3v) is 4.07. The number of nitrogens with zero attached hydrogens (tertiary/aromatic N) is 1. The van der Waals surface area contributed by atoms with E-state index in [-0.39, 0.29) is 18.4 Å². The van der Waals surface area contributed by atoms with Gasteiger partial charge in [0.1, 0.15) is 0 Å². The molecule has 2 aromatic carbocycles. The lowest BCUT2D eigenvalue weighted by Gasteiger charge is -2.13.